The number of aliphatic hydroxyl groups is 3. The van der Waals surface area contributed by atoms with Crippen molar-refractivity contribution in [3.8, 4) is 5.75 Å². The third kappa shape index (κ3) is 18.6. The zero-order valence-corrected chi connectivity index (χ0v) is 53.3. The number of ether oxygens (including phenoxy) is 1. The number of anilines is 1. The number of thioether (sulfide) groups is 1. The van der Waals surface area contributed by atoms with Gasteiger partial charge in [0, 0.05) is 73.3 Å². The Labute approximate surface area is 543 Å². The van der Waals surface area contributed by atoms with Gasteiger partial charge in [-0.3, -0.25) is 72.0 Å². The maximum atomic E-state index is 14.8. The number of hydrogen-bond donors (Lipinski definition) is 15. The number of fused-ring (bicyclic) bond motifs is 5. The molecule has 1 fully saturated rings. The molecule has 0 aliphatic carbocycles. The van der Waals surface area contributed by atoms with Crippen LogP contribution in [-0.4, -0.2) is 212 Å². The third-order valence-corrected chi connectivity index (χ3v) is 17.6. The standard InChI is InChI=1S/C61H80N14O18S/c1-7-29(4)51-57(89)64-22-46(81)67-41-27-94-60-37(20-39(54(86)63-23-47(82)72-51)68-59(91)52(30(5)43(78)25-76)73-56(88)42-18-34(77)24-75(42)61(92)40(21-44(62)79)69-55(41)87)36-13-12-35(19-38(36)70-60)93-26-32-8-10-33(11-9-32)66-53(85)31(6)65-58(90)50(28(2)3)71-45(80)16-17-74-48(83)14-15-49(74)84/h8-15,19,28-31,34,39-43,50-52,70,76-78H,7,16-18,20-27H2,1-6H3,(H2,62,79)(H,63,86)(H,64,89)(H,65,90)(H,66,85)(H,67,81)(H,68,91)(H,69,87)(H,71,80)(H,72,82)(H,73,88)/t29-,30-,31-,34+,39-,40-,41-,42-,43-,50-,51-,52-/m0/s1. The number of aromatic nitrogens is 1. The SMILES string of the molecule is CC[C@H](C)[C@@H]1NC(=O)CNC(=O)[C@@H]2Cc3c([nH]c4cc(OCc5ccc(NC(=O)[C@H](C)NC(=O)[C@@H](NC(=O)CCN6C(=O)C=CC6=O)C(C)C)cc5)ccc34)SC[C@H](NC(=O)CNC1=O)C(=O)N[C@@H](CC(N)=O)C(=O)N1C[C@H](O)C[C@H]1C(=O)N[C@@H]([C@@H](C)[C@@H](O)CO)C(=O)N2. The fourth-order valence-corrected chi connectivity index (χ4v) is 11.9. The molecule has 5 heterocycles. The van der Waals surface area contributed by atoms with Crippen LogP contribution >= 0.6 is 11.8 Å². The summed E-state index contributed by atoms with van der Waals surface area (Å²) in [5, 5.41) is 58.3. The first-order valence-electron chi connectivity index (χ1n) is 30.6. The molecular formula is C61H80N14O18S. The van der Waals surface area contributed by atoms with E-state index in [-0.39, 0.29) is 30.4 Å². The van der Waals surface area contributed by atoms with Crippen molar-refractivity contribution in [2.45, 2.75) is 146 Å². The Morgan fingerprint density at radius 2 is 1.44 bits per heavy atom. The van der Waals surface area contributed by atoms with Crippen LogP contribution in [0.1, 0.15) is 78.4 Å². The molecule has 7 rings (SSSR count). The number of imide groups is 1. The van der Waals surface area contributed by atoms with Crippen LogP contribution in [0.4, 0.5) is 5.69 Å². The maximum Gasteiger partial charge on any atom is 0.253 e. The number of benzene rings is 2. The van der Waals surface area contributed by atoms with E-state index in [0.29, 0.717) is 39.9 Å². The van der Waals surface area contributed by atoms with Gasteiger partial charge in [0.2, 0.25) is 70.9 Å². The molecule has 4 aliphatic heterocycles. The van der Waals surface area contributed by atoms with E-state index >= 15 is 0 Å². The summed E-state index contributed by atoms with van der Waals surface area (Å²) >= 11 is 0.934. The number of hydrogen-bond acceptors (Lipinski definition) is 19. The van der Waals surface area contributed by atoms with Crippen LogP contribution in [0.25, 0.3) is 10.9 Å². The summed E-state index contributed by atoms with van der Waals surface area (Å²) < 4.78 is 6.21. The minimum atomic E-state index is -1.81. The van der Waals surface area contributed by atoms with Gasteiger partial charge in [0.25, 0.3) is 11.8 Å². The largest absolute Gasteiger partial charge is 0.489 e. The number of amides is 14. The number of rotatable bonds is 19. The summed E-state index contributed by atoms with van der Waals surface area (Å²) in [6, 6.07) is -0.395. The number of carbonyl (C=O) groups is 14. The van der Waals surface area contributed by atoms with Crippen molar-refractivity contribution in [3.05, 3.63) is 65.7 Å². The Morgan fingerprint density at radius 1 is 0.766 bits per heavy atom. The van der Waals surface area contributed by atoms with Crippen LogP contribution in [0, 0.1) is 17.8 Å². The van der Waals surface area contributed by atoms with Crippen molar-refractivity contribution < 1.29 is 87.2 Å². The summed E-state index contributed by atoms with van der Waals surface area (Å²) in [6.45, 7) is 6.49. The molecule has 4 aliphatic rings. The van der Waals surface area contributed by atoms with Gasteiger partial charge in [-0.15, -0.1) is 11.8 Å². The van der Waals surface area contributed by atoms with Gasteiger partial charge in [-0.25, -0.2) is 0 Å². The second-order valence-electron chi connectivity index (χ2n) is 23.8. The van der Waals surface area contributed by atoms with Gasteiger partial charge in [0.05, 0.1) is 48.9 Å². The molecule has 0 spiro atoms. The van der Waals surface area contributed by atoms with Crippen LogP contribution < -0.4 is 63.6 Å². The molecule has 12 atom stereocenters. The third-order valence-electron chi connectivity index (χ3n) is 16.5. The second kappa shape index (κ2) is 32.4. The Hall–Kier alpha value is -9.47. The Bertz CT molecular complexity index is 3430. The minimum Gasteiger partial charge on any atom is -0.489 e. The molecule has 2 bridgehead atoms. The molecule has 16 N–H and O–H groups in total. The summed E-state index contributed by atoms with van der Waals surface area (Å²) in [4.78, 5) is 195. The Balaban J connectivity index is 1.18. The Kier molecular flexibility index (Phi) is 24.8. The molecule has 32 nitrogen and oxygen atoms in total. The first kappa shape index (κ1) is 72.0. The maximum absolute atomic E-state index is 14.8. The van der Waals surface area contributed by atoms with Crippen LogP contribution in [0.5, 0.6) is 5.75 Å². The lowest BCUT2D eigenvalue weighted by Crippen LogP contribution is -2.62. The highest BCUT2D eigenvalue weighted by Crippen LogP contribution is 2.34. The quantitative estimate of drug-likeness (QED) is 0.0507. The summed E-state index contributed by atoms with van der Waals surface area (Å²) in [5.41, 5.74) is 7.27. The highest BCUT2D eigenvalue weighted by molar-refractivity contribution is 7.99. The lowest BCUT2D eigenvalue weighted by molar-refractivity contribution is -0.144. The fourth-order valence-electron chi connectivity index (χ4n) is 10.8. The van der Waals surface area contributed by atoms with Crippen molar-refractivity contribution in [2.75, 3.05) is 43.9 Å². The van der Waals surface area contributed by atoms with Crippen molar-refractivity contribution in [3.63, 3.8) is 0 Å². The molecule has 0 unspecified atom stereocenters. The smallest absolute Gasteiger partial charge is 0.253 e. The highest BCUT2D eigenvalue weighted by atomic mass is 32.2. The molecule has 33 heteroatoms. The van der Waals surface area contributed by atoms with Crippen molar-refractivity contribution in [1.29, 1.82) is 0 Å². The first-order valence-corrected chi connectivity index (χ1v) is 31.6. The fraction of sp³-hybridized carbons (Fsp3) is 0.508. The van der Waals surface area contributed by atoms with Gasteiger partial charge >= 0.3 is 0 Å². The van der Waals surface area contributed by atoms with Gasteiger partial charge in [0.15, 0.2) is 0 Å². The van der Waals surface area contributed by atoms with Crippen molar-refractivity contribution >= 4 is 111 Å². The highest BCUT2D eigenvalue weighted by Gasteiger charge is 2.45. The number of aromatic amines is 1. The van der Waals surface area contributed by atoms with Gasteiger partial charge in [-0.05, 0) is 54.2 Å². The number of primary amides is 1. The van der Waals surface area contributed by atoms with E-state index in [0.717, 1.165) is 33.7 Å². The monoisotopic (exact) mass is 1330 g/mol. The average Bonchev–Trinajstić information content (AvgIpc) is 1.63. The van der Waals surface area contributed by atoms with Crippen LogP contribution in [-0.2, 0) is 80.2 Å². The molecule has 2 aromatic carbocycles. The zero-order chi connectivity index (χ0) is 68.8. The molecule has 14 amide bonds. The first-order chi connectivity index (χ1) is 44.5. The molecule has 0 saturated carbocycles. The molecule has 508 valence electrons. The van der Waals surface area contributed by atoms with Crippen LogP contribution in [0.2, 0.25) is 0 Å². The van der Waals surface area contributed by atoms with Crippen LogP contribution in [0.3, 0.4) is 0 Å². The topological polar surface area (TPSA) is 477 Å². The van der Waals surface area contributed by atoms with E-state index in [4.69, 9.17) is 10.5 Å². The second-order valence-corrected chi connectivity index (χ2v) is 24.9. The van der Waals surface area contributed by atoms with E-state index in [1.807, 2.05) is 0 Å². The molecular weight excluding hydrogens is 1250 g/mol. The number of aliphatic hydroxyl groups excluding tert-OH is 3. The average molecular weight is 1330 g/mol. The molecule has 1 saturated heterocycles. The Morgan fingerprint density at radius 3 is 2.09 bits per heavy atom. The summed E-state index contributed by atoms with van der Waals surface area (Å²) in [7, 11) is 0. The van der Waals surface area contributed by atoms with Gasteiger partial charge in [0.1, 0.15) is 60.7 Å². The number of carbonyl (C=O) groups excluding carboxylic acids is 14. The molecule has 0 radical (unpaired) electrons. The van der Waals surface area contributed by atoms with Crippen LogP contribution in [0.15, 0.2) is 59.6 Å². The number of nitrogens with one attached hydrogen (secondary N) is 11. The lowest BCUT2D eigenvalue weighted by Gasteiger charge is -2.32. The van der Waals surface area contributed by atoms with E-state index < -0.39 is 207 Å². The van der Waals surface area contributed by atoms with Gasteiger partial charge < -0.3 is 88.8 Å². The zero-order valence-electron chi connectivity index (χ0n) is 52.5. The summed E-state index contributed by atoms with van der Waals surface area (Å²) in [6.07, 6.45) is -2.35. The number of H-pyrrole nitrogens is 1. The number of nitrogens with zero attached hydrogens (tertiary/aromatic N) is 2. The minimum absolute atomic E-state index is 0.0262. The predicted molar refractivity (Wildman–Crippen MR) is 334 cm³/mol. The van der Waals surface area contributed by atoms with E-state index in [9.17, 15) is 82.4 Å². The molecule has 1 aromatic heterocycles. The normalized spacial score (nSPS) is 23.6. The number of nitrogens with two attached hydrogens (primary N) is 1. The van der Waals surface area contributed by atoms with E-state index in [2.05, 4.69) is 58.2 Å². The molecule has 3 aromatic rings. The van der Waals surface area contributed by atoms with Crippen molar-refractivity contribution in [1.82, 2.24) is 62.6 Å². The van der Waals surface area contributed by atoms with Gasteiger partial charge in [-0.2, -0.15) is 0 Å². The van der Waals surface area contributed by atoms with Crippen molar-refractivity contribution in [2.24, 2.45) is 23.5 Å². The predicted octanol–water partition coefficient (Wildman–Crippen LogP) is -4.16. The molecule has 94 heavy (non-hydrogen) atoms. The van der Waals surface area contributed by atoms with Gasteiger partial charge in [-0.1, -0.05) is 53.2 Å². The lowest BCUT2D eigenvalue weighted by atomic mass is 9.93. The van der Waals surface area contributed by atoms with E-state index in [1.165, 1.54) is 13.8 Å². The summed E-state index contributed by atoms with van der Waals surface area (Å²) in [5.74, 6) is -14.1. The van der Waals surface area contributed by atoms with E-state index in [1.54, 1.807) is 70.2 Å².